The van der Waals surface area contributed by atoms with Crippen LogP contribution < -0.4 is 0 Å². The van der Waals surface area contributed by atoms with E-state index in [0.717, 1.165) is 16.7 Å². The first-order chi connectivity index (χ1) is 5.40. The summed E-state index contributed by atoms with van der Waals surface area (Å²) in [6, 6.07) is 5.95. The van der Waals surface area contributed by atoms with E-state index < -0.39 is 0 Å². The van der Waals surface area contributed by atoms with E-state index in [2.05, 4.69) is 4.98 Å². The zero-order valence-corrected chi connectivity index (χ0v) is 6.24. The molecule has 1 aromatic heterocycles. The first kappa shape index (κ1) is 6.40. The van der Waals surface area contributed by atoms with Gasteiger partial charge in [-0.3, -0.25) is 0 Å². The van der Waals surface area contributed by atoms with Crippen molar-refractivity contribution >= 4 is 11.1 Å². The molecule has 2 nitrogen and oxygen atoms in total. The lowest BCUT2D eigenvalue weighted by Gasteiger charge is -1.92. The quantitative estimate of drug-likeness (QED) is 0.617. The fraction of sp³-hybridized carbons (Fsp3) is 0.111. The normalized spacial score (nSPS) is 10.6. The molecule has 55 valence electrons. The van der Waals surface area contributed by atoms with Gasteiger partial charge < -0.3 is 4.42 Å². The smallest absolute Gasteiger partial charge is 0.181 e. The van der Waals surface area contributed by atoms with E-state index in [1.165, 1.54) is 6.39 Å². The van der Waals surface area contributed by atoms with Crippen molar-refractivity contribution in [3.63, 3.8) is 0 Å². The van der Waals surface area contributed by atoms with Crippen molar-refractivity contribution in [2.45, 2.75) is 6.92 Å². The van der Waals surface area contributed by atoms with Crippen LogP contribution in [0.2, 0.25) is 0 Å². The molecule has 2 rings (SSSR count). The van der Waals surface area contributed by atoms with Gasteiger partial charge in [-0.2, -0.15) is 0 Å². The number of fused-ring (bicyclic) bond motifs is 1. The van der Waals surface area contributed by atoms with Crippen LogP contribution in [0, 0.1) is 6.42 Å². The number of hydrogen-bond acceptors (Lipinski definition) is 2. The molecule has 0 aliphatic heterocycles. The molecular formula is C9H8NO. The molecule has 0 fully saturated rings. The molecule has 1 radical (unpaired) electrons. The second-order valence-corrected chi connectivity index (χ2v) is 2.37. The van der Waals surface area contributed by atoms with Gasteiger partial charge in [-0.25, -0.2) is 4.98 Å². The fourth-order valence-corrected chi connectivity index (χ4v) is 1.05. The fourth-order valence-electron chi connectivity index (χ4n) is 1.05. The van der Waals surface area contributed by atoms with E-state index in [4.69, 9.17) is 4.42 Å². The minimum absolute atomic E-state index is 0.848. The molecule has 0 N–H and O–H groups in total. The summed E-state index contributed by atoms with van der Waals surface area (Å²) in [4.78, 5) is 4.01. The van der Waals surface area contributed by atoms with E-state index in [1.807, 2.05) is 31.5 Å². The van der Waals surface area contributed by atoms with Gasteiger partial charge in [0.2, 0.25) is 0 Å². The zero-order chi connectivity index (χ0) is 7.68. The number of rotatable bonds is 1. The Morgan fingerprint density at radius 1 is 1.45 bits per heavy atom. The maximum absolute atomic E-state index is 5.13. The van der Waals surface area contributed by atoms with Gasteiger partial charge in [0.1, 0.15) is 5.52 Å². The first-order valence-electron chi connectivity index (χ1n) is 3.53. The molecule has 1 aromatic carbocycles. The molecule has 0 saturated carbocycles. The number of benzene rings is 1. The molecular weight excluding hydrogens is 138 g/mol. The maximum Gasteiger partial charge on any atom is 0.181 e. The van der Waals surface area contributed by atoms with Crippen LogP contribution >= 0.6 is 0 Å². The van der Waals surface area contributed by atoms with Crippen LogP contribution in [0.15, 0.2) is 29.0 Å². The van der Waals surface area contributed by atoms with Crippen molar-refractivity contribution in [1.29, 1.82) is 0 Å². The summed E-state index contributed by atoms with van der Waals surface area (Å²) < 4.78 is 5.13. The van der Waals surface area contributed by atoms with Crippen molar-refractivity contribution in [2.24, 2.45) is 0 Å². The predicted octanol–water partition coefficient (Wildman–Crippen LogP) is 2.40. The van der Waals surface area contributed by atoms with Crippen LogP contribution in [0.25, 0.3) is 11.1 Å². The van der Waals surface area contributed by atoms with Crippen molar-refractivity contribution in [2.75, 3.05) is 0 Å². The Kier molecular flexibility index (Phi) is 1.39. The third kappa shape index (κ3) is 1.00. The van der Waals surface area contributed by atoms with E-state index in [9.17, 15) is 0 Å². The average Bonchev–Trinajstić information content (AvgIpc) is 2.50. The van der Waals surface area contributed by atoms with Gasteiger partial charge in [0.05, 0.1) is 0 Å². The van der Waals surface area contributed by atoms with Crippen LogP contribution in [-0.2, 0) is 0 Å². The van der Waals surface area contributed by atoms with E-state index in [-0.39, 0.29) is 0 Å². The Labute approximate surface area is 64.9 Å². The number of nitrogens with zero attached hydrogens (tertiary/aromatic N) is 1. The summed E-state index contributed by atoms with van der Waals surface area (Å²) in [6.45, 7) is 2.00. The number of oxazole rings is 1. The first-order valence-corrected chi connectivity index (χ1v) is 3.53. The minimum Gasteiger partial charge on any atom is -0.443 e. The molecule has 0 spiro atoms. The third-order valence-corrected chi connectivity index (χ3v) is 1.69. The molecule has 0 saturated heterocycles. The predicted molar refractivity (Wildman–Crippen MR) is 43.1 cm³/mol. The molecule has 0 atom stereocenters. The standard InChI is InChI=1S/C9H8NO/c1-2-7-3-4-8-9(5-7)11-6-10-8/h2-6H,1H3. The van der Waals surface area contributed by atoms with Gasteiger partial charge in [-0.1, -0.05) is 13.0 Å². The number of aromatic nitrogens is 1. The molecule has 2 heteroatoms. The minimum atomic E-state index is 0.848. The monoisotopic (exact) mass is 146 g/mol. The van der Waals surface area contributed by atoms with E-state index in [0.29, 0.717) is 0 Å². The highest BCUT2D eigenvalue weighted by Gasteiger charge is 1.97. The Balaban J connectivity index is 2.67. The maximum atomic E-state index is 5.13. The van der Waals surface area contributed by atoms with Crippen LogP contribution in [-0.4, -0.2) is 4.98 Å². The lowest BCUT2D eigenvalue weighted by molar-refractivity contribution is 0.602. The van der Waals surface area contributed by atoms with E-state index >= 15 is 0 Å². The Morgan fingerprint density at radius 3 is 3.18 bits per heavy atom. The van der Waals surface area contributed by atoms with Gasteiger partial charge in [-0.05, 0) is 24.1 Å². The van der Waals surface area contributed by atoms with Crippen molar-refractivity contribution in [1.82, 2.24) is 4.98 Å². The number of hydrogen-bond donors (Lipinski definition) is 0. The second kappa shape index (κ2) is 2.38. The third-order valence-electron chi connectivity index (χ3n) is 1.69. The summed E-state index contributed by atoms with van der Waals surface area (Å²) in [5.74, 6) is 0. The second-order valence-electron chi connectivity index (χ2n) is 2.37. The van der Waals surface area contributed by atoms with Crippen LogP contribution in [0.4, 0.5) is 0 Å². The summed E-state index contributed by atoms with van der Waals surface area (Å²) in [7, 11) is 0. The molecule has 0 aliphatic carbocycles. The van der Waals surface area contributed by atoms with Crippen molar-refractivity contribution < 1.29 is 4.42 Å². The summed E-state index contributed by atoms with van der Waals surface area (Å²) in [5.41, 5.74) is 2.92. The Morgan fingerprint density at radius 2 is 2.36 bits per heavy atom. The van der Waals surface area contributed by atoms with Gasteiger partial charge in [-0.15, -0.1) is 0 Å². The molecule has 0 bridgehead atoms. The molecule has 0 amide bonds. The van der Waals surface area contributed by atoms with Crippen molar-refractivity contribution in [3.8, 4) is 0 Å². The highest BCUT2D eigenvalue weighted by molar-refractivity contribution is 5.73. The summed E-state index contributed by atoms with van der Waals surface area (Å²) >= 11 is 0. The Hall–Kier alpha value is -1.31. The highest BCUT2D eigenvalue weighted by atomic mass is 16.3. The zero-order valence-electron chi connectivity index (χ0n) is 6.24. The summed E-state index contributed by atoms with van der Waals surface area (Å²) in [6.07, 6.45) is 3.49. The van der Waals surface area contributed by atoms with Gasteiger partial charge in [0.15, 0.2) is 12.0 Å². The SMILES string of the molecule is C[CH]c1ccc2ncoc2c1. The molecule has 0 aliphatic rings. The van der Waals surface area contributed by atoms with Gasteiger partial charge in [0, 0.05) is 0 Å². The molecule has 2 aromatic rings. The van der Waals surface area contributed by atoms with Gasteiger partial charge in [0.25, 0.3) is 0 Å². The van der Waals surface area contributed by atoms with Crippen LogP contribution in [0.5, 0.6) is 0 Å². The topological polar surface area (TPSA) is 26.0 Å². The van der Waals surface area contributed by atoms with Crippen molar-refractivity contribution in [3.05, 3.63) is 36.6 Å². The van der Waals surface area contributed by atoms with E-state index in [1.54, 1.807) is 0 Å². The average molecular weight is 146 g/mol. The largest absolute Gasteiger partial charge is 0.443 e. The van der Waals surface area contributed by atoms with Gasteiger partial charge >= 0.3 is 0 Å². The molecule has 0 unspecified atom stereocenters. The van der Waals surface area contributed by atoms with Crippen LogP contribution in [0.3, 0.4) is 0 Å². The molecule has 1 heterocycles. The highest BCUT2D eigenvalue weighted by Crippen LogP contribution is 2.14. The Bertz CT molecular complexity index is 364. The summed E-state index contributed by atoms with van der Waals surface area (Å²) in [5, 5.41) is 0. The lowest BCUT2D eigenvalue weighted by Crippen LogP contribution is -1.75. The van der Waals surface area contributed by atoms with Crippen LogP contribution in [0.1, 0.15) is 12.5 Å². The molecule has 11 heavy (non-hydrogen) atoms. The lowest BCUT2D eigenvalue weighted by atomic mass is 10.2.